The Labute approximate surface area is 150 Å². The molecule has 0 spiro atoms. The largest absolute Gasteiger partial charge is 0.490 e. The third-order valence-corrected chi connectivity index (χ3v) is 3.48. The maximum Gasteiger partial charge on any atom is 0.387 e. The van der Waals surface area contributed by atoms with Gasteiger partial charge < -0.3 is 14.8 Å². The maximum atomic E-state index is 12.4. The Bertz CT molecular complexity index is 752. The summed E-state index contributed by atoms with van der Waals surface area (Å²) in [5, 5.41) is 2.84. The molecule has 138 valence electrons. The highest BCUT2D eigenvalue weighted by atomic mass is 19.3. The van der Waals surface area contributed by atoms with E-state index in [1.807, 2.05) is 19.1 Å². The summed E-state index contributed by atoms with van der Waals surface area (Å²) in [6, 6.07) is 7.97. The number of amides is 1. The van der Waals surface area contributed by atoms with Crippen molar-refractivity contribution in [3.8, 4) is 11.5 Å². The number of aromatic nitrogens is 1. The SMILES string of the molecule is CCOc1cc(C=CC(=O)NC(C)c2ccncc2)ccc1OC(F)F. The van der Waals surface area contributed by atoms with E-state index in [4.69, 9.17) is 4.74 Å². The van der Waals surface area contributed by atoms with Crippen molar-refractivity contribution < 1.29 is 23.0 Å². The lowest BCUT2D eigenvalue weighted by atomic mass is 10.1. The summed E-state index contributed by atoms with van der Waals surface area (Å²) >= 11 is 0. The molecule has 0 radical (unpaired) electrons. The number of ether oxygens (including phenoxy) is 2. The molecule has 2 rings (SSSR count). The van der Waals surface area contributed by atoms with Crippen LogP contribution in [-0.2, 0) is 4.79 Å². The van der Waals surface area contributed by atoms with E-state index in [1.54, 1.807) is 31.5 Å². The highest BCUT2D eigenvalue weighted by Gasteiger charge is 2.11. The molecule has 0 saturated carbocycles. The molecule has 2 aromatic rings. The van der Waals surface area contributed by atoms with Crippen molar-refractivity contribution in [2.45, 2.75) is 26.5 Å². The summed E-state index contributed by atoms with van der Waals surface area (Å²) in [5.74, 6) is -0.129. The van der Waals surface area contributed by atoms with Crippen LogP contribution < -0.4 is 14.8 Å². The number of halogens is 2. The summed E-state index contributed by atoms with van der Waals surface area (Å²) < 4.78 is 34.5. The van der Waals surface area contributed by atoms with Crippen molar-refractivity contribution >= 4 is 12.0 Å². The summed E-state index contributed by atoms with van der Waals surface area (Å²) in [6.07, 6.45) is 6.26. The van der Waals surface area contributed by atoms with E-state index in [0.717, 1.165) is 5.56 Å². The number of pyridine rings is 1. The number of carbonyl (C=O) groups excluding carboxylic acids is 1. The van der Waals surface area contributed by atoms with Gasteiger partial charge in [0.15, 0.2) is 11.5 Å². The van der Waals surface area contributed by atoms with Gasteiger partial charge in [-0.2, -0.15) is 8.78 Å². The Morgan fingerprint density at radius 3 is 2.62 bits per heavy atom. The number of benzene rings is 1. The fraction of sp³-hybridized carbons (Fsp3) is 0.263. The Kier molecular flexibility index (Phi) is 7.08. The van der Waals surface area contributed by atoms with Gasteiger partial charge >= 0.3 is 6.61 Å². The lowest BCUT2D eigenvalue weighted by molar-refractivity contribution is -0.117. The second kappa shape index (κ2) is 9.50. The van der Waals surface area contributed by atoms with Crippen LogP contribution in [-0.4, -0.2) is 24.1 Å². The molecule has 1 unspecified atom stereocenters. The molecule has 1 N–H and O–H groups in total. The molecule has 5 nitrogen and oxygen atoms in total. The van der Waals surface area contributed by atoms with Crippen LogP contribution in [0.1, 0.15) is 31.0 Å². The van der Waals surface area contributed by atoms with Crippen LogP contribution in [0, 0.1) is 0 Å². The van der Waals surface area contributed by atoms with E-state index in [2.05, 4.69) is 15.0 Å². The van der Waals surface area contributed by atoms with Crippen LogP contribution in [0.15, 0.2) is 48.8 Å². The zero-order chi connectivity index (χ0) is 18.9. The first-order valence-corrected chi connectivity index (χ1v) is 8.09. The number of hydrogen-bond donors (Lipinski definition) is 1. The summed E-state index contributed by atoms with van der Waals surface area (Å²) in [6.45, 7) is 0.973. The monoisotopic (exact) mass is 362 g/mol. The quantitative estimate of drug-likeness (QED) is 0.722. The van der Waals surface area contributed by atoms with Gasteiger partial charge in [-0.15, -0.1) is 0 Å². The van der Waals surface area contributed by atoms with Crippen LogP contribution in [0.3, 0.4) is 0 Å². The molecule has 0 aliphatic rings. The summed E-state index contributed by atoms with van der Waals surface area (Å²) in [5.41, 5.74) is 1.57. The fourth-order valence-corrected chi connectivity index (χ4v) is 2.26. The molecule has 7 heteroatoms. The van der Waals surface area contributed by atoms with Crippen molar-refractivity contribution in [2.24, 2.45) is 0 Å². The Balaban J connectivity index is 2.04. The predicted molar refractivity (Wildman–Crippen MR) is 94.1 cm³/mol. The van der Waals surface area contributed by atoms with Gasteiger partial charge in [0.2, 0.25) is 5.91 Å². The first kappa shape index (κ1) is 19.4. The fourth-order valence-electron chi connectivity index (χ4n) is 2.26. The van der Waals surface area contributed by atoms with Crippen molar-refractivity contribution in [1.29, 1.82) is 0 Å². The lowest BCUT2D eigenvalue weighted by Crippen LogP contribution is -2.24. The Morgan fingerprint density at radius 2 is 1.96 bits per heavy atom. The minimum absolute atomic E-state index is 0.0465. The normalized spacial score (nSPS) is 12.2. The highest BCUT2D eigenvalue weighted by Crippen LogP contribution is 2.30. The Hall–Kier alpha value is -2.96. The van der Waals surface area contributed by atoms with Crippen molar-refractivity contribution in [2.75, 3.05) is 6.61 Å². The van der Waals surface area contributed by atoms with Gasteiger partial charge in [0.1, 0.15) is 0 Å². The van der Waals surface area contributed by atoms with Gasteiger partial charge in [-0.25, -0.2) is 0 Å². The minimum Gasteiger partial charge on any atom is -0.490 e. The number of carbonyl (C=O) groups is 1. The second-order valence-corrected chi connectivity index (χ2v) is 5.36. The topological polar surface area (TPSA) is 60.5 Å². The van der Waals surface area contributed by atoms with Crippen molar-refractivity contribution in [3.05, 3.63) is 59.9 Å². The standard InChI is InChI=1S/C19H20F2N2O3/c1-3-25-17-12-14(4-6-16(17)26-19(20)21)5-7-18(24)23-13(2)15-8-10-22-11-9-15/h4-13,19H,3H2,1-2H3,(H,23,24). The average molecular weight is 362 g/mol. The van der Waals surface area contributed by atoms with Crippen LogP contribution in [0.5, 0.6) is 11.5 Å². The third kappa shape index (κ3) is 5.84. The van der Waals surface area contributed by atoms with Crippen molar-refractivity contribution in [1.82, 2.24) is 10.3 Å². The van der Waals surface area contributed by atoms with E-state index in [0.29, 0.717) is 12.2 Å². The third-order valence-electron chi connectivity index (χ3n) is 3.48. The molecule has 0 bridgehead atoms. The van der Waals surface area contributed by atoms with Gasteiger partial charge in [-0.3, -0.25) is 9.78 Å². The zero-order valence-corrected chi connectivity index (χ0v) is 14.5. The predicted octanol–water partition coefficient (Wildman–Crippen LogP) is 3.97. The molecule has 1 amide bonds. The highest BCUT2D eigenvalue weighted by molar-refractivity contribution is 5.92. The first-order valence-electron chi connectivity index (χ1n) is 8.09. The maximum absolute atomic E-state index is 12.4. The molecule has 0 aliphatic carbocycles. The van der Waals surface area contributed by atoms with Gasteiger partial charge in [-0.05, 0) is 55.3 Å². The number of nitrogens with one attached hydrogen (secondary N) is 1. The van der Waals surface area contributed by atoms with Gasteiger partial charge in [0.25, 0.3) is 0 Å². The summed E-state index contributed by atoms with van der Waals surface area (Å²) in [7, 11) is 0. The van der Waals surface area contributed by atoms with Gasteiger partial charge in [0.05, 0.1) is 12.6 Å². The first-order chi connectivity index (χ1) is 12.5. The van der Waals surface area contributed by atoms with Gasteiger partial charge in [0, 0.05) is 18.5 Å². The molecule has 1 aromatic carbocycles. The van der Waals surface area contributed by atoms with E-state index >= 15 is 0 Å². The number of rotatable bonds is 8. The van der Waals surface area contributed by atoms with E-state index < -0.39 is 6.61 Å². The van der Waals surface area contributed by atoms with Crippen LogP contribution in [0.4, 0.5) is 8.78 Å². The molecule has 26 heavy (non-hydrogen) atoms. The molecule has 0 fully saturated rings. The van der Waals surface area contributed by atoms with E-state index in [-0.39, 0.29) is 23.4 Å². The average Bonchev–Trinajstić information content (AvgIpc) is 2.62. The number of nitrogens with zero attached hydrogens (tertiary/aromatic N) is 1. The molecule has 0 aliphatic heterocycles. The molecule has 1 heterocycles. The van der Waals surface area contributed by atoms with Crippen molar-refractivity contribution in [3.63, 3.8) is 0 Å². The molecule has 1 aromatic heterocycles. The number of alkyl halides is 2. The summed E-state index contributed by atoms with van der Waals surface area (Å²) in [4.78, 5) is 16.0. The minimum atomic E-state index is -2.93. The molecular weight excluding hydrogens is 342 g/mol. The van der Waals surface area contributed by atoms with E-state index in [1.165, 1.54) is 18.2 Å². The Morgan fingerprint density at radius 1 is 1.23 bits per heavy atom. The number of hydrogen-bond acceptors (Lipinski definition) is 4. The van der Waals surface area contributed by atoms with Crippen LogP contribution in [0.25, 0.3) is 6.08 Å². The zero-order valence-electron chi connectivity index (χ0n) is 14.5. The van der Waals surface area contributed by atoms with Crippen LogP contribution in [0.2, 0.25) is 0 Å². The van der Waals surface area contributed by atoms with E-state index in [9.17, 15) is 13.6 Å². The molecular formula is C19H20F2N2O3. The second-order valence-electron chi connectivity index (χ2n) is 5.36. The lowest BCUT2D eigenvalue weighted by Gasteiger charge is -2.13. The van der Waals surface area contributed by atoms with Crippen LogP contribution >= 0.6 is 0 Å². The molecule has 0 saturated heterocycles. The molecule has 1 atom stereocenters. The van der Waals surface area contributed by atoms with Gasteiger partial charge in [-0.1, -0.05) is 6.07 Å². The smallest absolute Gasteiger partial charge is 0.387 e.